The maximum atomic E-state index is 4.67. The third kappa shape index (κ3) is 3.67. The lowest BCUT2D eigenvalue weighted by molar-refractivity contribution is 0.265. The molecule has 3 atom stereocenters. The Morgan fingerprint density at radius 1 is 1.22 bits per heavy atom. The van der Waals surface area contributed by atoms with Crippen LogP contribution in [0.1, 0.15) is 42.9 Å². The minimum Gasteiger partial charge on any atom is -0.306 e. The molecule has 3 rings (SSSR count). The Morgan fingerprint density at radius 2 is 1.91 bits per heavy atom. The highest BCUT2D eigenvalue weighted by molar-refractivity contribution is 5.91. The number of hydrogen-bond acceptors (Lipinski definition) is 3. The maximum Gasteiger partial charge on any atom is 0.0560 e. The number of halogens is 2. The molecule has 2 aliphatic rings. The third-order valence-electron chi connectivity index (χ3n) is 5.40. The third-order valence-corrected chi connectivity index (χ3v) is 5.40. The molecule has 0 bridgehead atoms. The van der Waals surface area contributed by atoms with Gasteiger partial charge in [0.1, 0.15) is 0 Å². The average molecular weight is 358 g/mol. The van der Waals surface area contributed by atoms with Crippen LogP contribution < -0.4 is 0 Å². The summed E-state index contributed by atoms with van der Waals surface area (Å²) < 4.78 is 0. The first-order valence-electron chi connectivity index (χ1n) is 8.04. The molecule has 130 valence electrons. The van der Waals surface area contributed by atoms with E-state index < -0.39 is 0 Å². The first-order chi connectivity index (χ1) is 9.99. The summed E-state index contributed by atoms with van der Waals surface area (Å²) in [5.74, 6) is 0.450. The van der Waals surface area contributed by atoms with Crippen molar-refractivity contribution in [3.63, 3.8) is 0 Å². The van der Waals surface area contributed by atoms with Crippen molar-refractivity contribution in [3.05, 3.63) is 34.9 Å². The number of benzene rings is 1. The van der Waals surface area contributed by atoms with E-state index in [4.69, 9.17) is 0 Å². The fourth-order valence-corrected chi connectivity index (χ4v) is 3.98. The monoisotopic (exact) mass is 357 g/mol. The van der Waals surface area contributed by atoms with E-state index >= 15 is 0 Å². The summed E-state index contributed by atoms with van der Waals surface area (Å²) in [6.07, 6.45) is 3.66. The number of aryl methyl sites for hydroxylation is 1. The fourth-order valence-electron chi connectivity index (χ4n) is 3.98. The zero-order valence-corrected chi connectivity index (χ0v) is 16.4. The van der Waals surface area contributed by atoms with Crippen LogP contribution in [0.2, 0.25) is 0 Å². The van der Waals surface area contributed by atoms with Crippen LogP contribution in [0, 0.1) is 0 Å². The van der Waals surface area contributed by atoms with Gasteiger partial charge in [-0.15, -0.1) is 24.8 Å². The van der Waals surface area contributed by atoms with Gasteiger partial charge in [-0.05, 0) is 63.9 Å². The van der Waals surface area contributed by atoms with Crippen LogP contribution in [0.5, 0.6) is 0 Å². The van der Waals surface area contributed by atoms with E-state index in [-0.39, 0.29) is 24.8 Å². The minimum absolute atomic E-state index is 0. The second-order valence-corrected chi connectivity index (χ2v) is 6.88. The molecule has 3 nitrogen and oxygen atoms in total. The molecule has 0 radical (unpaired) electrons. The van der Waals surface area contributed by atoms with Crippen molar-refractivity contribution in [2.75, 3.05) is 21.1 Å². The zero-order chi connectivity index (χ0) is 15.1. The predicted octanol–water partition coefficient (Wildman–Crippen LogP) is 3.74. The Balaban J connectivity index is 0.00000132. The lowest BCUT2D eigenvalue weighted by Gasteiger charge is -2.33. The molecule has 0 saturated carbocycles. The van der Waals surface area contributed by atoms with Gasteiger partial charge in [0.2, 0.25) is 0 Å². The van der Waals surface area contributed by atoms with Gasteiger partial charge in [0.15, 0.2) is 0 Å². The SMILES string of the molecule is CC1=NN(C)C(C)C1c1cccc2c1C[C@@H](N(C)C)CC2.Cl.Cl. The van der Waals surface area contributed by atoms with Crippen LogP contribution in [0.15, 0.2) is 23.3 Å². The Hall–Kier alpha value is -0.770. The maximum absolute atomic E-state index is 4.67. The van der Waals surface area contributed by atoms with Gasteiger partial charge in [0.25, 0.3) is 0 Å². The first kappa shape index (κ1) is 20.3. The summed E-state index contributed by atoms with van der Waals surface area (Å²) in [4.78, 5) is 2.38. The van der Waals surface area contributed by atoms with Gasteiger partial charge in [-0.3, -0.25) is 5.01 Å². The normalized spacial score (nSPS) is 26.3. The Kier molecular flexibility index (Phi) is 6.94. The van der Waals surface area contributed by atoms with Gasteiger partial charge >= 0.3 is 0 Å². The molecule has 1 aromatic rings. The van der Waals surface area contributed by atoms with Gasteiger partial charge in [-0.1, -0.05) is 18.2 Å². The van der Waals surface area contributed by atoms with Crippen molar-refractivity contribution < 1.29 is 0 Å². The fraction of sp³-hybridized carbons (Fsp3) is 0.611. The smallest absolute Gasteiger partial charge is 0.0560 e. The number of hydrazone groups is 1. The van der Waals surface area contributed by atoms with E-state index in [2.05, 4.69) is 68.2 Å². The second-order valence-electron chi connectivity index (χ2n) is 6.88. The molecule has 0 N–H and O–H groups in total. The summed E-state index contributed by atoms with van der Waals surface area (Å²) in [5.41, 5.74) is 5.91. The van der Waals surface area contributed by atoms with Gasteiger partial charge in [-0.25, -0.2) is 0 Å². The van der Waals surface area contributed by atoms with Crippen LogP contribution in [0.4, 0.5) is 0 Å². The Labute approximate surface area is 152 Å². The lowest BCUT2D eigenvalue weighted by atomic mass is 9.78. The van der Waals surface area contributed by atoms with Crippen molar-refractivity contribution in [1.29, 1.82) is 0 Å². The van der Waals surface area contributed by atoms with Crippen molar-refractivity contribution in [2.45, 2.75) is 51.1 Å². The number of rotatable bonds is 2. The van der Waals surface area contributed by atoms with Crippen LogP contribution >= 0.6 is 24.8 Å². The number of likely N-dealkylation sites (N-methyl/N-ethyl adjacent to an activating group) is 2. The largest absolute Gasteiger partial charge is 0.306 e. The molecule has 5 heteroatoms. The van der Waals surface area contributed by atoms with E-state index in [0.29, 0.717) is 18.0 Å². The van der Waals surface area contributed by atoms with Crippen LogP contribution in [-0.2, 0) is 12.8 Å². The highest BCUT2D eigenvalue weighted by atomic mass is 35.5. The Morgan fingerprint density at radius 3 is 2.48 bits per heavy atom. The van der Waals surface area contributed by atoms with Crippen LogP contribution in [0.25, 0.3) is 0 Å². The zero-order valence-electron chi connectivity index (χ0n) is 14.7. The molecule has 1 aromatic carbocycles. The quantitative estimate of drug-likeness (QED) is 0.802. The minimum atomic E-state index is 0. The summed E-state index contributed by atoms with van der Waals surface area (Å²) in [6, 6.07) is 8.01. The van der Waals surface area contributed by atoms with Gasteiger partial charge < -0.3 is 4.90 Å². The Bertz CT molecular complexity index is 571. The number of hydrogen-bond donors (Lipinski definition) is 0. The van der Waals surface area contributed by atoms with Gasteiger partial charge in [0.05, 0.1) is 6.04 Å². The van der Waals surface area contributed by atoms with Gasteiger partial charge in [0, 0.05) is 24.7 Å². The van der Waals surface area contributed by atoms with Crippen molar-refractivity contribution >= 4 is 30.5 Å². The van der Waals surface area contributed by atoms with E-state index in [1.54, 1.807) is 11.1 Å². The standard InChI is InChI=1S/C18H27N3.2ClH/c1-12-18(13(2)21(5)19-12)16-8-6-7-14-9-10-15(20(3)4)11-17(14)16;;/h6-8,13,15,18H,9-11H2,1-5H3;2*1H/t13?,15-,18?;;/m0../s1. The van der Waals surface area contributed by atoms with E-state index in [0.717, 1.165) is 0 Å². The molecule has 1 aliphatic carbocycles. The summed E-state index contributed by atoms with van der Waals surface area (Å²) in [6.45, 7) is 4.46. The highest BCUT2D eigenvalue weighted by Gasteiger charge is 2.34. The highest BCUT2D eigenvalue weighted by Crippen LogP contribution is 2.36. The molecule has 1 aliphatic heterocycles. The average Bonchev–Trinajstić information content (AvgIpc) is 2.71. The molecule has 0 spiro atoms. The lowest BCUT2D eigenvalue weighted by Crippen LogP contribution is -2.35. The van der Waals surface area contributed by atoms with Gasteiger partial charge in [-0.2, -0.15) is 5.10 Å². The first-order valence-corrected chi connectivity index (χ1v) is 8.04. The summed E-state index contributed by atoms with van der Waals surface area (Å²) in [7, 11) is 6.50. The van der Waals surface area contributed by atoms with E-state index in [9.17, 15) is 0 Å². The van der Waals surface area contributed by atoms with Crippen molar-refractivity contribution in [2.24, 2.45) is 5.10 Å². The molecule has 0 aromatic heterocycles. The van der Waals surface area contributed by atoms with E-state index in [1.165, 1.54) is 30.5 Å². The molecular formula is C18H29Cl2N3. The molecule has 0 saturated heterocycles. The number of nitrogens with zero attached hydrogens (tertiary/aromatic N) is 3. The second kappa shape index (κ2) is 7.87. The van der Waals surface area contributed by atoms with Crippen molar-refractivity contribution in [3.8, 4) is 0 Å². The molecule has 2 unspecified atom stereocenters. The topological polar surface area (TPSA) is 18.8 Å². The molecule has 23 heavy (non-hydrogen) atoms. The number of fused-ring (bicyclic) bond motifs is 1. The van der Waals surface area contributed by atoms with Crippen LogP contribution in [-0.4, -0.2) is 48.8 Å². The van der Waals surface area contributed by atoms with Crippen molar-refractivity contribution in [1.82, 2.24) is 9.91 Å². The molecule has 1 heterocycles. The summed E-state index contributed by atoms with van der Waals surface area (Å²) >= 11 is 0. The molecule has 0 fully saturated rings. The van der Waals surface area contributed by atoms with E-state index in [1.807, 2.05) is 0 Å². The summed E-state index contributed by atoms with van der Waals surface area (Å²) in [5, 5.41) is 6.79. The predicted molar refractivity (Wildman–Crippen MR) is 104 cm³/mol. The molecule has 0 amide bonds. The molecular weight excluding hydrogens is 329 g/mol. The van der Waals surface area contributed by atoms with Crippen LogP contribution in [0.3, 0.4) is 0 Å².